The number of fused-ring (bicyclic) bond motifs is 1. The number of aliphatic hydroxyl groups is 1. The van der Waals surface area contributed by atoms with Gasteiger partial charge in [0.2, 0.25) is 11.6 Å². The number of H-pyrrole nitrogens is 2. The number of benzene rings is 2. The zero-order chi connectivity index (χ0) is 20.4. The molecule has 0 aliphatic rings. The summed E-state index contributed by atoms with van der Waals surface area (Å²) in [6, 6.07) is 11.5. The van der Waals surface area contributed by atoms with Crippen molar-refractivity contribution in [3.8, 4) is 0 Å². The van der Waals surface area contributed by atoms with Crippen LogP contribution in [0.15, 0.2) is 48.5 Å². The number of ketones is 1. The number of aryl methyl sites for hydroxylation is 2. The minimum absolute atomic E-state index is 0.151. The molecule has 0 aliphatic heterocycles. The van der Waals surface area contributed by atoms with Crippen molar-refractivity contribution in [1.82, 2.24) is 25.6 Å². The number of aromatic amines is 2. The SMILES string of the molecule is O=C(/C=C(\O)c1c(CCc2ccc(F)cc2)[nH]c2ccc(Cl)cc12)c1nn[nH]n1. The molecule has 2 aromatic carbocycles. The zero-order valence-corrected chi connectivity index (χ0v) is 15.7. The minimum Gasteiger partial charge on any atom is -0.507 e. The van der Waals surface area contributed by atoms with E-state index in [1.54, 1.807) is 30.3 Å². The third-order valence-electron chi connectivity index (χ3n) is 4.50. The van der Waals surface area contributed by atoms with E-state index in [1.807, 2.05) is 0 Å². The van der Waals surface area contributed by atoms with Gasteiger partial charge in [-0.3, -0.25) is 4.79 Å². The van der Waals surface area contributed by atoms with Gasteiger partial charge in [0.05, 0.1) is 0 Å². The fourth-order valence-corrected chi connectivity index (χ4v) is 3.32. The summed E-state index contributed by atoms with van der Waals surface area (Å²) in [4.78, 5) is 15.5. The molecule has 0 radical (unpaired) electrons. The molecule has 2 aromatic heterocycles. The Morgan fingerprint density at radius 2 is 1.97 bits per heavy atom. The molecule has 2 heterocycles. The predicted molar refractivity (Wildman–Crippen MR) is 106 cm³/mol. The lowest BCUT2D eigenvalue weighted by Crippen LogP contribution is -2.01. The molecule has 4 rings (SSSR count). The second-order valence-corrected chi connectivity index (χ2v) is 6.86. The summed E-state index contributed by atoms with van der Waals surface area (Å²) in [6.45, 7) is 0. The highest BCUT2D eigenvalue weighted by Gasteiger charge is 2.18. The standard InChI is InChI=1S/C20H15ClFN5O2/c21-12-4-8-15-14(9-12)19(17(28)10-18(29)20-24-26-27-25-20)16(23-15)7-3-11-1-5-13(22)6-2-11/h1-2,4-6,8-10,23,28H,3,7H2,(H,24,25,26,27)/b17-10-. The van der Waals surface area contributed by atoms with Crippen molar-refractivity contribution in [2.75, 3.05) is 0 Å². The third kappa shape index (κ3) is 4.02. The van der Waals surface area contributed by atoms with Crippen LogP contribution in [-0.2, 0) is 12.8 Å². The zero-order valence-electron chi connectivity index (χ0n) is 15.0. The molecule has 146 valence electrons. The molecular weight excluding hydrogens is 397 g/mol. The monoisotopic (exact) mass is 411 g/mol. The maximum absolute atomic E-state index is 13.1. The number of tetrazole rings is 1. The first kappa shape index (κ1) is 18.8. The van der Waals surface area contributed by atoms with Crippen molar-refractivity contribution in [2.45, 2.75) is 12.8 Å². The number of aromatic nitrogens is 5. The molecule has 9 heteroatoms. The molecule has 0 saturated heterocycles. The van der Waals surface area contributed by atoms with E-state index in [0.717, 1.165) is 22.9 Å². The highest BCUT2D eigenvalue weighted by molar-refractivity contribution is 6.31. The van der Waals surface area contributed by atoms with Crippen LogP contribution in [0.3, 0.4) is 0 Å². The van der Waals surface area contributed by atoms with E-state index in [2.05, 4.69) is 25.6 Å². The lowest BCUT2D eigenvalue weighted by molar-refractivity contribution is 0.103. The summed E-state index contributed by atoms with van der Waals surface area (Å²) in [5.74, 6) is -1.27. The van der Waals surface area contributed by atoms with Gasteiger partial charge in [0.15, 0.2) is 0 Å². The smallest absolute Gasteiger partial charge is 0.244 e. The maximum atomic E-state index is 13.1. The number of hydrogen-bond donors (Lipinski definition) is 3. The Bertz CT molecular complexity index is 1200. The molecular formula is C20H15ClFN5O2. The molecule has 4 aromatic rings. The van der Waals surface area contributed by atoms with E-state index < -0.39 is 5.78 Å². The predicted octanol–water partition coefficient (Wildman–Crippen LogP) is 4.04. The normalized spacial score (nSPS) is 11.9. The second kappa shape index (κ2) is 7.84. The molecule has 0 amide bonds. The Balaban J connectivity index is 1.71. The number of nitrogens with zero attached hydrogens (tertiary/aromatic N) is 3. The number of halogens is 2. The average molecular weight is 412 g/mol. The second-order valence-electron chi connectivity index (χ2n) is 6.42. The van der Waals surface area contributed by atoms with E-state index in [0.29, 0.717) is 28.8 Å². The van der Waals surface area contributed by atoms with Crippen molar-refractivity contribution < 1.29 is 14.3 Å². The van der Waals surface area contributed by atoms with Gasteiger partial charge < -0.3 is 10.1 Å². The van der Waals surface area contributed by atoms with Crippen LogP contribution >= 0.6 is 11.6 Å². The van der Waals surface area contributed by atoms with E-state index in [9.17, 15) is 14.3 Å². The van der Waals surface area contributed by atoms with Gasteiger partial charge >= 0.3 is 0 Å². The molecule has 0 spiro atoms. The molecule has 29 heavy (non-hydrogen) atoms. The average Bonchev–Trinajstić information content (AvgIpc) is 3.35. The topological polar surface area (TPSA) is 108 Å². The fourth-order valence-electron chi connectivity index (χ4n) is 3.15. The summed E-state index contributed by atoms with van der Waals surface area (Å²) in [5.41, 5.74) is 2.91. The molecule has 0 atom stereocenters. The lowest BCUT2D eigenvalue weighted by Gasteiger charge is -2.05. The first-order chi connectivity index (χ1) is 14.0. The van der Waals surface area contributed by atoms with Gasteiger partial charge in [0.25, 0.3) is 0 Å². The molecule has 0 unspecified atom stereocenters. The first-order valence-corrected chi connectivity index (χ1v) is 9.12. The Morgan fingerprint density at radius 1 is 1.17 bits per heavy atom. The van der Waals surface area contributed by atoms with Crippen LogP contribution in [-0.4, -0.2) is 36.5 Å². The van der Waals surface area contributed by atoms with Gasteiger partial charge in [-0.15, -0.1) is 10.2 Å². The van der Waals surface area contributed by atoms with Crippen LogP contribution in [0.1, 0.15) is 27.4 Å². The van der Waals surface area contributed by atoms with Crippen LogP contribution in [0.25, 0.3) is 16.7 Å². The van der Waals surface area contributed by atoms with Crippen molar-refractivity contribution in [3.05, 3.63) is 82.0 Å². The fraction of sp³-hybridized carbons (Fsp3) is 0.100. The quantitative estimate of drug-likeness (QED) is 0.252. The Hall–Kier alpha value is -3.52. The van der Waals surface area contributed by atoms with Crippen LogP contribution in [0.4, 0.5) is 4.39 Å². The summed E-state index contributed by atoms with van der Waals surface area (Å²) in [6.07, 6.45) is 2.19. The molecule has 0 aliphatic carbocycles. The summed E-state index contributed by atoms with van der Waals surface area (Å²) in [5, 5.41) is 24.7. The van der Waals surface area contributed by atoms with Crippen molar-refractivity contribution in [3.63, 3.8) is 0 Å². The van der Waals surface area contributed by atoms with E-state index in [4.69, 9.17) is 11.6 Å². The highest BCUT2D eigenvalue weighted by Crippen LogP contribution is 2.31. The highest BCUT2D eigenvalue weighted by atomic mass is 35.5. The van der Waals surface area contributed by atoms with Gasteiger partial charge in [0, 0.05) is 33.3 Å². The number of carbonyl (C=O) groups is 1. The molecule has 7 nitrogen and oxygen atoms in total. The number of carbonyl (C=O) groups excluding carboxylic acids is 1. The number of rotatable bonds is 6. The van der Waals surface area contributed by atoms with Crippen molar-refractivity contribution in [1.29, 1.82) is 0 Å². The van der Waals surface area contributed by atoms with Gasteiger partial charge in [-0.2, -0.15) is 5.21 Å². The van der Waals surface area contributed by atoms with Gasteiger partial charge in [-0.1, -0.05) is 23.7 Å². The van der Waals surface area contributed by atoms with Crippen LogP contribution in [0.5, 0.6) is 0 Å². The summed E-state index contributed by atoms with van der Waals surface area (Å²) in [7, 11) is 0. The lowest BCUT2D eigenvalue weighted by atomic mass is 10.0. The van der Waals surface area contributed by atoms with Crippen LogP contribution in [0.2, 0.25) is 5.02 Å². The third-order valence-corrected chi connectivity index (χ3v) is 4.74. The number of allylic oxidation sites excluding steroid dienone is 1. The Labute approximate surface area is 169 Å². The Kier molecular flexibility index (Phi) is 5.09. The molecule has 0 fully saturated rings. The molecule has 0 bridgehead atoms. The van der Waals surface area contributed by atoms with Crippen LogP contribution < -0.4 is 0 Å². The first-order valence-electron chi connectivity index (χ1n) is 8.74. The van der Waals surface area contributed by atoms with E-state index in [-0.39, 0.29) is 17.4 Å². The van der Waals surface area contributed by atoms with E-state index >= 15 is 0 Å². The number of nitrogens with one attached hydrogen (secondary N) is 2. The van der Waals surface area contributed by atoms with Gasteiger partial charge in [-0.05, 0) is 54.0 Å². The summed E-state index contributed by atoms with van der Waals surface area (Å²) >= 11 is 6.13. The number of aliphatic hydroxyl groups excluding tert-OH is 1. The Morgan fingerprint density at radius 3 is 2.69 bits per heavy atom. The van der Waals surface area contributed by atoms with Gasteiger partial charge in [-0.25, -0.2) is 4.39 Å². The largest absolute Gasteiger partial charge is 0.507 e. The summed E-state index contributed by atoms with van der Waals surface area (Å²) < 4.78 is 13.1. The van der Waals surface area contributed by atoms with E-state index in [1.165, 1.54) is 12.1 Å². The molecule has 3 N–H and O–H groups in total. The number of hydrogen-bond acceptors (Lipinski definition) is 5. The maximum Gasteiger partial charge on any atom is 0.244 e. The van der Waals surface area contributed by atoms with Crippen molar-refractivity contribution in [2.24, 2.45) is 0 Å². The minimum atomic E-state index is -0.586. The van der Waals surface area contributed by atoms with Gasteiger partial charge in [0.1, 0.15) is 11.6 Å². The van der Waals surface area contributed by atoms with Crippen LogP contribution in [0, 0.1) is 5.82 Å². The van der Waals surface area contributed by atoms with Crippen molar-refractivity contribution >= 4 is 34.0 Å². The molecule has 0 saturated carbocycles.